The van der Waals surface area contributed by atoms with Crippen molar-refractivity contribution in [2.45, 2.75) is 33.6 Å². The molecular formula is C11H27IN4. The number of hydrogen-bond acceptors (Lipinski definition) is 2. The maximum atomic E-state index is 5.70. The van der Waals surface area contributed by atoms with Crippen molar-refractivity contribution in [3.8, 4) is 0 Å². The summed E-state index contributed by atoms with van der Waals surface area (Å²) in [6.07, 6.45) is 2.27. The Morgan fingerprint density at radius 2 is 1.88 bits per heavy atom. The van der Waals surface area contributed by atoms with Crippen LogP contribution in [-0.4, -0.2) is 43.6 Å². The van der Waals surface area contributed by atoms with Crippen molar-refractivity contribution in [3.63, 3.8) is 0 Å². The van der Waals surface area contributed by atoms with Crippen molar-refractivity contribution in [3.05, 3.63) is 0 Å². The highest BCUT2D eigenvalue weighted by Crippen LogP contribution is 1.86. The second-order valence-electron chi connectivity index (χ2n) is 3.57. The summed E-state index contributed by atoms with van der Waals surface area (Å²) in [5.74, 6) is 0.579. The van der Waals surface area contributed by atoms with Crippen LogP contribution in [0.3, 0.4) is 0 Å². The molecule has 0 saturated heterocycles. The molecule has 0 unspecified atom stereocenters. The number of guanidine groups is 1. The fraction of sp³-hybridized carbons (Fsp3) is 0.909. The van der Waals surface area contributed by atoms with E-state index in [4.69, 9.17) is 5.73 Å². The topological polar surface area (TPSA) is 53.6 Å². The first-order chi connectivity index (χ1) is 7.24. The Kier molecular flexibility index (Phi) is 14.9. The predicted molar refractivity (Wildman–Crippen MR) is 82.6 cm³/mol. The molecular weight excluding hydrogens is 315 g/mol. The molecule has 0 rings (SSSR count). The highest BCUT2D eigenvalue weighted by Gasteiger charge is 1.97. The second kappa shape index (κ2) is 13.0. The Morgan fingerprint density at radius 3 is 2.38 bits per heavy atom. The van der Waals surface area contributed by atoms with Crippen LogP contribution >= 0.6 is 24.0 Å². The van der Waals surface area contributed by atoms with Gasteiger partial charge in [-0.3, -0.25) is 4.99 Å². The van der Waals surface area contributed by atoms with Gasteiger partial charge in [-0.1, -0.05) is 27.2 Å². The number of unbranched alkanes of at least 4 members (excludes halogenated alkanes) is 1. The van der Waals surface area contributed by atoms with E-state index in [1.54, 1.807) is 0 Å². The predicted octanol–water partition coefficient (Wildman–Crippen LogP) is 1.65. The molecule has 3 N–H and O–H groups in total. The van der Waals surface area contributed by atoms with Gasteiger partial charge in [0.2, 0.25) is 0 Å². The molecule has 0 aromatic carbocycles. The van der Waals surface area contributed by atoms with Crippen LogP contribution in [-0.2, 0) is 0 Å². The molecule has 0 aliphatic carbocycles. The summed E-state index contributed by atoms with van der Waals surface area (Å²) in [7, 11) is 0. The first kappa shape index (κ1) is 18.3. The van der Waals surface area contributed by atoms with E-state index in [1.165, 1.54) is 0 Å². The molecule has 0 heterocycles. The SMILES string of the molecule is CCCCN=C(N)NCCN(CC)CC.I. The first-order valence-electron chi connectivity index (χ1n) is 6.00. The number of aliphatic imine (C=N–C) groups is 1. The lowest BCUT2D eigenvalue weighted by Crippen LogP contribution is -2.38. The van der Waals surface area contributed by atoms with Gasteiger partial charge in [0, 0.05) is 19.6 Å². The van der Waals surface area contributed by atoms with Gasteiger partial charge in [-0.2, -0.15) is 0 Å². The van der Waals surface area contributed by atoms with Crippen LogP contribution in [0.15, 0.2) is 4.99 Å². The van der Waals surface area contributed by atoms with Crippen LogP contribution in [0, 0.1) is 0 Å². The molecule has 98 valence electrons. The zero-order valence-corrected chi connectivity index (χ0v) is 13.2. The van der Waals surface area contributed by atoms with Crippen LogP contribution < -0.4 is 11.1 Å². The van der Waals surface area contributed by atoms with Crippen LogP contribution in [0.25, 0.3) is 0 Å². The molecule has 0 aromatic heterocycles. The van der Waals surface area contributed by atoms with Gasteiger partial charge in [-0.25, -0.2) is 0 Å². The van der Waals surface area contributed by atoms with Crippen molar-refractivity contribution >= 4 is 29.9 Å². The van der Waals surface area contributed by atoms with E-state index < -0.39 is 0 Å². The van der Waals surface area contributed by atoms with E-state index in [-0.39, 0.29) is 24.0 Å². The maximum Gasteiger partial charge on any atom is 0.188 e. The van der Waals surface area contributed by atoms with Crippen molar-refractivity contribution in [1.82, 2.24) is 10.2 Å². The fourth-order valence-electron chi connectivity index (χ4n) is 1.30. The van der Waals surface area contributed by atoms with Gasteiger partial charge in [0.15, 0.2) is 5.96 Å². The maximum absolute atomic E-state index is 5.70. The van der Waals surface area contributed by atoms with Crippen LogP contribution in [0.1, 0.15) is 33.6 Å². The van der Waals surface area contributed by atoms with Gasteiger partial charge in [-0.05, 0) is 19.5 Å². The van der Waals surface area contributed by atoms with Gasteiger partial charge < -0.3 is 16.0 Å². The fourth-order valence-corrected chi connectivity index (χ4v) is 1.30. The lowest BCUT2D eigenvalue weighted by atomic mass is 10.3. The molecule has 0 bridgehead atoms. The van der Waals surface area contributed by atoms with E-state index in [2.05, 4.69) is 36.0 Å². The average molecular weight is 342 g/mol. The Balaban J connectivity index is 0. The molecule has 4 nitrogen and oxygen atoms in total. The quantitative estimate of drug-likeness (QED) is 0.305. The smallest absolute Gasteiger partial charge is 0.188 e. The summed E-state index contributed by atoms with van der Waals surface area (Å²) in [6, 6.07) is 0. The number of rotatable bonds is 8. The molecule has 0 spiro atoms. The zero-order valence-electron chi connectivity index (χ0n) is 10.8. The molecule has 0 radical (unpaired) electrons. The van der Waals surface area contributed by atoms with Crippen LogP contribution in [0.5, 0.6) is 0 Å². The number of nitrogens with zero attached hydrogens (tertiary/aromatic N) is 2. The zero-order chi connectivity index (χ0) is 11.5. The molecule has 0 aliphatic rings. The third-order valence-electron chi connectivity index (χ3n) is 2.42. The molecule has 0 fully saturated rings. The molecule has 0 aliphatic heterocycles. The second-order valence-corrected chi connectivity index (χ2v) is 3.57. The normalized spacial score (nSPS) is 11.4. The molecule has 5 heteroatoms. The Bertz CT molecular complexity index is 169. The summed E-state index contributed by atoms with van der Waals surface area (Å²) < 4.78 is 0. The number of likely N-dealkylation sites (N-methyl/N-ethyl adjacent to an activating group) is 1. The van der Waals surface area contributed by atoms with E-state index in [0.717, 1.165) is 45.6 Å². The van der Waals surface area contributed by atoms with Gasteiger partial charge >= 0.3 is 0 Å². The first-order valence-corrected chi connectivity index (χ1v) is 6.00. The summed E-state index contributed by atoms with van der Waals surface area (Å²) >= 11 is 0. The van der Waals surface area contributed by atoms with E-state index in [0.29, 0.717) is 5.96 Å². The minimum atomic E-state index is 0. The standard InChI is InChI=1S/C11H26N4.HI/c1-4-7-8-13-11(12)14-9-10-15(5-2)6-3;/h4-10H2,1-3H3,(H3,12,13,14);1H. The Labute approximate surface area is 117 Å². The average Bonchev–Trinajstić information content (AvgIpc) is 2.25. The van der Waals surface area contributed by atoms with Crippen LogP contribution in [0.4, 0.5) is 0 Å². The summed E-state index contributed by atoms with van der Waals surface area (Å²) in [5, 5.41) is 3.13. The largest absolute Gasteiger partial charge is 0.370 e. The number of halogens is 1. The Morgan fingerprint density at radius 1 is 1.25 bits per heavy atom. The lowest BCUT2D eigenvalue weighted by Gasteiger charge is -2.18. The number of nitrogens with two attached hydrogens (primary N) is 1. The van der Waals surface area contributed by atoms with Gasteiger partial charge in [0.05, 0.1) is 0 Å². The van der Waals surface area contributed by atoms with Crippen molar-refractivity contribution < 1.29 is 0 Å². The number of nitrogens with one attached hydrogen (secondary N) is 1. The molecule has 0 amide bonds. The minimum absolute atomic E-state index is 0. The highest BCUT2D eigenvalue weighted by molar-refractivity contribution is 14.0. The van der Waals surface area contributed by atoms with E-state index in [1.807, 2.05) is 0 Å². The van der Waals surface area contributed by atoms with E-state index in [9.17, 15) is 0 Å². The third-order valence-corrected chi connectivity index (χ3v) is 2.42. The Hall–Kier alpha value is -0.0400. The lowest BCUT2D eigenvalue weighted by molar-refractivity contribution is 0.308. The molecule has 16 heavy (non-hydrogen) atoms. The monoisotopic (exact) mass is 342 g/mol. The molecule has 0 aromatic rings. The van der Waals surface area contributed by atoms with Gasteiger partial charge in [0.1, 0.15) is 0 Å². The summed E-state index contributed by atoms with van der Waals surface area (Å²) in [6.45, 7) is 11.4. The molecule has 0 atom stereocenters. The van der Waals surface area contributed by atoms with Crippen molar-refractivity contribution in [2.24, 2.45) is 10.7 Å². The number of hydrogen-bond donors (Lipinski definition) is 2. The van der Waals surface area contributed by atoms with Crippen molar-refractivity contribution in [2.75, 3.05) is 32.7 Å². The summed E-state index contributed by atoms with van der Waals surface area (Å²) in [4.78, 5) is 6.58. The van der Waals surface area contributed by atoms with Gasteiger partial charge in [-0.15, -0.1) is 24.0 Å². The van der Waals surface area contributed by atoms with E-state index >= 15 is 0 Å². The van der Waals surface area contributed by atoms with Crippen molar-refractivity contribution in [1.29, 1.82) is 0 Å². The summed E-state index contributed by atoms with van der Waals surface area (Å²) in [5.41, 5.74) is 5.70. The minimum Gasteiger partial charge on any atom is -0.370 e. The van der Waals surface area contributed by atoms with Crippen LogP contribution in [0.2, 0.25) is 0 Å². The third kappa shape index (κ3) is 10.5. The highest BCUT2D eigenvalue weighted by atomic mass is 127. The van der Waals surface area contributed by atoms with Gasteiger partial charge in [0.25, 0.3) is 0 Å². The molecule has 0 saturated carbocycles.